The Morgan fingerprint density at radius 2 is 2.00 bits per heavy atom. The monoisotopic (exact) mass is 324 g/mol. The summed E-state index contributed by atoms with van der Waals surface area (Å²) in [6.45, 7) is 1.78. The maximum Gasteiger partial charge on any atom is 0.342 e. The van der Waals surface area contributed by atoms with Gasteiger partial charge in [-0.1, -0.05) is 18.2 Å². The predicted molar refractivity (Wildman–Crippen MR) is 88.3 cm³/mol. The number of carbonyl (C=O) groups is 1. The third kappa shape index (κ3) is 2.99. The number of ether oxygens (including phenoxy) is 2. The fourth-order valence-corrected chi connectivity index (χ4v) is 2.41. The van der Waals surface area contributed by atoms with Crippen LogP contribution in [0.1, 0.15) is 21.6 Å². The number of hydrogen-bond donors (Lipinski definition) is 0. The lowest BCUT2D eigenvalue weighted by Gasteiger charge is -2.09. The van der Waals surface area contributed by atoms with E-state index in [2.05, 4.69) is 4.98 Å². The van der Waals surface area contributed by atoms with Gasteiger partial charge in [-0.05, 0) is 30.7 Å². The van der Waals surface area contributed by atoms with Crippen LogP contribution in [0.4, 0.5) is 0 Å². The van der Waals surface area contributed by atoms with E-state index in [-0.39, 0.29) is 12.2 Å². The van der Waals surface area contributed by atoms with E-state index in [4.69, 9.17) is 9.47 Å². The van der Waals surface area contributed by atoms with Gasteiger partial charge in [0, 0.05) is 12.3 Å². The number of rotatable bonds is 4. The summed E-state index contributed by atoms with van der Waals surface area (Å²) in [7, 11) is 1.49. The van der Waals surface area contributed by atoms with Gasteiger partial charge in [-0.15, -0.1) is 0 Å². The molecular weight excluding hydrogens is 308 g/mol. The molecule has 0 amide bonds. The van der Waals surface area contributed by atoms with E-state index in [0.29, 0.717) is 22.7 Å². The maximum absolute atomic E-state index is 12.2. The zero-order valence-corrected chi connectivity index (χ0v) is 13.4. The van der Waals surface area contributed by atoms with Crippen LogP contribution in [-0.2, 0) is 11.3 Å². The second kappa shape index (κ2) is 6.54. The molecule has 122 valence electrons. The van der Waals surface area contributed by atoms with Crippen molar-refractivity contribution in [1.82, 2.24) is 9.38 Å². The van der Waals surface area contributed by atoms with E-state index in [1.165, 1.54) is 17.6 Å². The van der Waals surface area contributed by atoms with Crippen molar-refractivity contribution in [3.8, 4) is 5.75 Å². The molecule has 0 unspecified atom stereocenters. The number of benzene rings is 1. The van der Waals surface area contributed by atoms with Crippen LogP contribution in [0.25, 0.3) is 5.65 Å². The third-order valence-corrected chi connectivity index (χ3v) is 3.62. The first-order valence-electron chi connectivity index (χ1n) is 7.38. The van der Waals surface area contributed by atoms with Crippen molar-refractivity contribution in [3.05, 3.63) is 75.8 Å². The Labute approximate surface area is 138 Å². The summed E-state index contributed by atoms with van der Waals surface area (Å²) in [5.74, 6) is -0.0934. The van der Waals surface area contributed by atoms with E-state index in [1.807, 2.05) is 13.0 Å². The number of aromatic nitrogens is 2. The molecule has 0 N–H and O–H groups in total. The van der Waals surface area contributed by atoms with Gasteiger partial charge in [-0.2, -0.15) is 0 Å². The summed E-state index contributed by atoms with van der Waals surface area (Å²) in [5, 5.41) is 0. The molecule has 6 nitrogen and oxygen atoms in total. The van der Waals surface area contributed by atoms with Gasteiger partial charge in [0.05, 0.1) is 12.8 Å². The Morgan fingerprint density at radius 3 is 2.79 bits per heavy atom. The Bertz CT molecular complexity index is 963. The van der Waals surface area contributed by atoms with E-state index < -0.39 is 5.97 Å². The maximum atomic E-state index is 12.2. The average Bonchev–Trinajstić information content (AvgIpc) is 2.60. The molecule has 6 heteroatoms. The molecule has 0 saturated heterocycles. The Morgan fingerprint density at radius 1 is 1.21 bits per heavy atom. The van der Waals surface area contributed by atoms with Gasteiger partial charge in [0.1, 0.15) is 23.6 Å². The average molecular weight is 324 g/mol. The molecule has 2 heterocycles. The van der Waals surface area contributed by atoms with Crippen LogP contribution in [0.15, 0.2) is 53.5 Å². The highest BCUT2D eigenvalue weighted by Crippen LogP contribution is 2.18. The summed E-state index contributed by atoms with van der Waals surface area (Å²) in [6.07, 6.45) is 1.66. The van der Waals surface area contributed by atoms with Gasteiger partial charge in [0.2, 0.25) is 0 Å². The van der Waals surface area contributed by atoms with Crippen LogP contribution < -0.4 is 10.3 Å². The molecule has 1 aromatic carbocycles. The van der Waals surface area contributed by atoms with Gasteiger partial charge < -0.3 is 9.47 Å². The number of esters is 1. The summed E-state index contributed by atoms with van der Waals surface area (Å²) in [6, 6.07) is 11.8. The standard InChI is InChI=1S/C18H16N2O4/c1-12-6-5-9-20-16(21)10-13(19-17(12)20)11-24-18(22)14-7-3-4-8-15(14)23-2/h3-10H,11H2,1-2H3. The Kier molecular flexibility index (Phi) is 4.29. The number of aryl methyl sites for hydroxylation is 1. The second-order valence-corrected chi connectivity index (χ2v) is 5.25. The van der Waals surface area contributed by atoms with Crippen LogP contribution >= 0.6 is 0 Å². The van der Waals surface area contributed by atoms with Gasteiger partial charge in [-0.3, -0.25) is 9.20 Å². The van der Waals surface area contributed by atoms with Crippen molar-refractivity contribution in [2.24, 2.45) is 0 Å². The highest BCUT2D eigenvalue weighted by Gasteiger charge is 2.14. The summed E-state index contributed by atoms with van der Waals surface area (Å²) >= 11 is 0. The fourth-order valence-electron chi connectivity index (χ4n) is 2.41. The summed E-state index contributed by atoms with van der Waals surface area (Å²) < 4.78 is 11.9. The molecule has 0 atom stereocenters. The molecule has 24 heavy (non-hydrogen) atoms. The zero-order chi connectivity index (χ0) is 17.1. The molecule has 3 aromatic rings. The van der Waals surface area contributed by atoms with Crippen LogP contribution in [0.3, 0.4) is 0 Å². The molecular formula is C18H16N2O4. The number of hydrogen-bond acceptors (Lipinski definition) is 5. The van der Waals surface area contributed by atoms with Crippen LogP contribution in [0.5, 0.6) is 5.75 Å². The minimum absolute atomic E-state index is 0.0864. The first-order chi connectivity index (χ1) is 11.6. The van der Waals surface area contributed by atoms with Crippen LogP contribution in [0.2, 0.25) is 0 Å². The van der Waals surface area contributed by atoms with Crippen molar-refractivity contribution < 1.29 is 14.3 Å². The zero-order valence-electron chi connectivity index (χ0n) is 13.4. The van der Waals surface area contributed by atoms with Gasteiger partial charge >= 0.3 is 5.97 Å². The molecule has 0 spiro atoms. The van der Waals surface area contributed by atoms with E-state index >= 15 is 0 Å². The van der Waals surface area contributed by atoms with Crippen molar-refractivity contribution in [2.75, 3.05) is 7.11 Å². The quantitative estimate of drug-likeness (QED) is 0.689. The number of pyridine rings is 1. The molecule has 0 aliphatic carbocycles. The number of methoxy groups -OCH3 is 1. The lowest BCUT2D eigenvalue weighted by Crippen LogP contribution is -2.17. The summed E-state index contributed by atoms with van der Waals surface area (Å²) in [4.78, 5) is 28.7. The van der Waals surface area contributed by atoms with Crippen LogP contribution in [0, 0.1) is 6.92 Å². The van der Waals surface area contributed by atoms with E-state index in [1.54, 1.807) is 36.5 Å². The van der Waals surface area contributed by atoms with Crippen molar-refractivity contribution >= 4 is 11.6 Å². The smallest absolute Gasteiger partial charge is 0.342 e. The number of para-hydroxylation sites is 1. The highest BCUT2D eigenvalue weighted by molar-refractivity contribution is 5.92. The van der Waals surface area contributed by atoms with Crippen molar-refractivity contribution in [2.45, 2.75) is 13.5 Å². The largest absolute Gasteiger partial charge is 0.496 e. The fraction of sp³-hybridized carbons (Fsp3) is 0.167. The molecule has 3 rings (SSSR count). The Hall–Kier alpha value is -3.15. The van der Waals surface area contributed by atoms with Gasteiger partial charge in [0.25, 0.3) is 5.56 Å². The number of fused-ring (bicyclic) bond motifs is 1. The van der Waals surface area contributed by atoms with E-state index in [0.717, 1.165) is 5.56 Å². The first kappa shape index (κ1) is 15.7. The number of nitrogens with zero attached hydrogens (tertiary/aromatic N) is 2. The lowest BCUT2D eigenvalue weighted by atomic mass is 10.2. The van der Waals surface area contributed by atoms with Crippen molar-refractivity contribution in [3.63, 3.8) is 0 Å². The molecule has 0 fully saturated rings. The third-order valence-electron chi connectivity index (χ3n) is 3.62. The molecule has 0 aliphatic heterocycles. The lowest BCUT2D eigenvalue weighted by molar-refractivity contribution is 0.0464. The normalized spacial score (nSPS) is 10.6. The SMILES string of the molecule is COc1ccccc1C(=O)OCc1cc(=O)n2cccc(C)c2n1. The van der Waals surface area contributed by atoms with Gasteiger partial charge in [-0.25, -0.2) is 9.78 Å². The van der Waals surface area contributed by atoms with E-state index in [9.17, 15) is 9.59 Å². The predicted octanol–water partition coefficient (Wildman–Crippen LogP) is 2.37. The first-order valence-corrected chi connectivity index (χ1v) is 7.38. The van der Waals surface area contributed by atoms with Crippen molar-refractivity contribution in [1.29, 1.82) is 0 Å². The van der Waals surface area contributed by atoms with Gasteiger partial charge in [0.15, 0.2) is 0 Å². The Balaban J connectivity index is 1.84. The molecule has 0 saturated carbocycles. The van der Waals surface area contributed by atoms with Crippen LogP contribution in [-0.4, -0.2) is 22.5 Å². The molecule has 0 bridgehead atoms. The summed E-state index contributed by atoms with van der Waals surface area (Å²) in [5.41, 5.74) is 1.93. The molecule has 2 aromatic heterocycles. The minimum Gasteiger partial charge on any atom is -0.496 e. The minimum atomic E-state index is -0.528. The topological polar surface area (TPSA) is 69.9 Å². The second-order valence-electron chi connectivity index (χ2n) is 5.25. The number of carbonyl (C=O) groups excluding carboxylic acids is 1. The molecule has 0 aliphatic rings. The molecule has 0 radical (unpaired) electrons. The highest BCUT2D eigenvalue weighted by atomic mass is 16.5.